The van der Waals surface area contributed by atoms with E-state index in [1.165, 1.54) is 12.1 Å². The summed E-state index contributed by atoms with van der Waals surface area (Å²) in [5.74, 6) is 1.90. The molecule has 1 heterocycles. The Hall–Kier alpha value is -2.66. The molecule has 2 fully saturated rings. The fraction of sp³-hybridized carbons (Fsp3) is 0.360. The van der Waals surface area contributed by atoms with Gasteiger partial charge in [-0.05, 0) is 85.5 Å². The summed E-state index contributed by atoms with van der Waals surface area (Å²) in [5, 5.41) is 4.39. The number of halogens is 2. The van der Waals surface area contributed by atoms with Crippen LogP contribution in [0.3, 0.4) is 0 Å². The van der Waals surface area contributed by atoms with E-state index in [1.54, 1.807) is 30.5 Å². The van der Waals surface area contributed by atoms with Crippen LogP contribution in [0.5, 0.6) is 5.75 Å². The number of hydrogen-bond acceptors (Lipinski definition) is 3. The highest BCUT2D eigenvalue weighted by atomic mass is 35.5. The van der Waals surface area contributed by atoms with Gasteiger partial charge in [-0.15, -0.1) is 0 Å². The number of benzene rings is 2. The zero-order valence-corrected chi connectivity index (χ0v) is 18.0. The molecule has 3 unspecified atom stereocenters. The summed E-state index contributed by atoms with van der Waals surface area (Å²) in [6.07, 6.45) is 4.47. The molecule has 0 spiro atoms. The lowest BCUT2D eigenvalue weighted by Gasteiger charge is -2.21. The third kappa shape index (κ3) is 3.99. The highest BCUT2D eigenvalue weighted by molar-refractivity contribution is 6.30. The van der Waals surface area contributed by atoms with Crippen molar-refractivity contribution in [2.24, 2.45) is 23.7 Å². The number of carbonyl (C=O) groups is 1. The summed E-state index contributed by atoms with van der Waals surface area (Å²) in [6.45, 7) is 2.08. The number of anilines is 1. The van der Waals surface area contributed by atoms with Crippen molar-refractivity contribution in [3.05, 3.63) is 65.6 Å². The summed E-state index contributed by atoms with van der Waals surface area (Å²) in [4.78, 5) is 17.2. The van der Waals surface area contributed by atoms with E-state index in [-0.39, 0.29) is 23.7 Å². The lowest BCUT2D eigenvalue weighted by Crippen LogP contribution is -2.27. The maximum atomic E-state index is 13.7. The molecule has 0 saturated heterocycles. The molecule has 6 heteroatoms. The third-order valence-corrected chi connectivity index (χ3v) is 7.03. The molecule has 2 aromatic carbocycles. The van der Waals surface area contributed by atoms with Crippen LogP contribution in [0.2, 0.25) is 5.02 Å². The lowest BCUT2D eigenvalue weighted by atomic mass is 9.93. The Morgan fingerprint density at radius 2 is 1.94 bits per heavy atom. The Bertz CT molecular complexity index is 1110. The number of nitrogens with zero attached hydrogens (tertiary/aromatic N) is 1. The first-order chi connectivity index (χ1) is 15.0. The summed E-state index contributed by atoms with van der Waals surface area (Å²) < 4.78 is 20.0. The van der Waals surface area contributed by atoms with E-state index < -0.39 is 0 Å². The molecule has 3 aromatic rings. The number of pyridine rings is 1. The molecule has 5 rings (SSSR count). The Morgan fingerprint density at radius 1 is 1.19 bits per heavy atom. The topological polar surface area (TPSA) is 51.2 Å². The van der Waals surface area contributed by atoms with Gasteiger partial charge in [-0.3, -0.25) is 9.78 Å². The second-order valence-corrected chi connectivity index (χ2v) is 9.03. The van der Waals surface area contributed by atoms with Crippen molar-refractivity contribution < 1.29 is 13.9 Å². The quantitative estimate of drug-likeness (QED) is 0.506. The van der Waals surface area contributed by atoms with Crippen molar-refractivity contribution in [2.45, 2.75) is 32.3 Å². The molecule has 1 amide bonds. The number of amides is 1. The van der Waals surface area contributed by atoms with Gasteiger partial charge in [0.25, 0.3) is 0 Å². The molecule has 1 aromatic heterocycles. The third-order valence-electron chi connectivity index (χ3n) is 6.78. The molecule has 1 N–H and O–H groups in total. The van der Waals surface area contributed by atoms with E-state index in [0.29, 0.717) is 33.9 Å². The predicted octanol–water partition coefficient (Wildman–Crippen LogP) is 6.10. The predicted molar refractivity (Wildman–Crippen MR) is 120 cm³/mol. The number of nitrogens with one attached hydrogen (secondary N) is 1. The number of aromatic nitrogens is 1. The van der Waals surface area contributed by atoms with Gasteiger partial charge in [-0.25, -0.2) is 4.39 Å². The summed E-state index contributed by atoms with van der Waals surface area (Å²) in [7, 11) is 0. The largest absolute Gasteiger partial charge is 0.490 e. The molecular formula is C25H24ClFN2O2. The Kier molecular flexibility index (Phi) is 5.30. The van der Waals surface area contributed by atoms with Crippen LogP contribution in [0.15, 0.2) is 54.7 Å². The highest BCUT2D eigenvalue weighted by Gasteiger charge is 2.60. The smallest absolute Gasteiger partial charge is 0.227 e. The van der Waals surface area contributed by atoms with Crippen LogP contribution in [-0.4, -0.2) is 17.0 Å². The molecule has 31 heavy (non-hydrogen) atoms. The monoisotopic (exact) mass is 438 g/mol. The van der Waals surface area contributed by atoms with E-state index in [0.717, 1.165) is 30.5 Å². The van der Waals surface area contributed by atoms with E-state index in [2.05, 4.69) is 17.2 Å². The molecule has 0 radical (unpaired) electrons. The molecule has 4 nitrogen and oxygen atoms in total. The molecule has 160 valence electrons. The maximum absolute atomic E-state index is 13.7. The van der Waals surface area contributed by atoms with Gasteiger partial charge in [0.1, 0.15) is 11.6 Å². The van der Waals surface area contributed by atoms with Crippen molar-refractivity contribution in [1.82, 2.24) is 4.98 Å². The Morgan fingerprint density at radius 3 is 2.65 bits per heavy atom. The molecule has 2 saturated carbocycles. The summed E-state index contributed by atoms with van der Waals surface area (Å²) >= 11 is 5.93. The number of carbonyl (C=O) groups excluding carboxylic acids is 1. The van der Waals surface area contributed by atoms with E-state index in [9.17, 15) is 9.18 Å². The zero-order valence-electron chi connectivity index (χ0n) is 17.2. The number of ether oxygens (including phenoxy) is 1. The van der Waals surface area contributed by atoms with Gasteiger partial charge in [0, 0.05) is 28.2 Å². The van der Waals surface area contributed by atoms with Gasteiger partial charge in [-0.2, -0.15) is 0 Å². The van der Waals surface area contributed by atoms with Crippen LogP contribution in [0.1, 0.15) is 26.2 Å². The van der Waals surface area contributed by atoms with Crippen LogP contribution in [0, 0.1) is 29.5 Å². The van der Waals surface area contributed by atoms with Crippen molar-refractivity contribution in [1.29, 1.82) is 0 Å². The first-order valence-corrected chi connectivity index (χ1v) is 11.2. The second kappa shape index (κ2) is 8.12. The Balaban J connectivity index is 1.22. The van der Waals surface area contributed by atoms with Crippen LogP contribution in [-0.2, 0) is 4.79 Å². The highest BCUT2D eigenvalue weighted by Crippen LogP contribution is 2.62. The van der Waals surface area contributed by atoms with E-state index in [1.807, 2.05) is 12.1 Å². The van der Waals surface area contributed by atoms with Crippen molar-refractivity contribution in [3.63, 3.8) is 0 Å². The van der Waals surface area contributed by atoms with Crippen LogP contribution in [0.4, 0.5) is 10.1 Å². The van der Waals surface area contributed by atoms with Crippen molar-refractivity contribution in [2.75, 3.05) is 5.32 Å². The van der Waals surface area contributed by atoms with Crippen LogP contribution in [0.25, 0.3) is 10.9 Å². The maximum Gasteiger partial charge on any atom is 0.227 e. The zero-order chi connectivity index (χ0) is 21.5. The molecule has 3 atom stereocenters. The van der Waals surface area contributed by atoms with Gasteiger partial charge < -0.3 is 10.1 Å². The molecule has 0 bridgehead atoms. The van der Waals surface area contributed by atoms with Gasteiger partial charge in [0.2, 0.25) is 5.91 Å². The minimum Gasteiger partial charge on any atom is -0.490 e. The van der Waals surface area contributed by atoms with Crippen LogP contribution < -0.4 is 10.1 Å². The van der Waals surface area contributed by atoms with Gasteiger partial charge in [0.15, 0.2) is 0 Å². The first kappa shape index (κ1) is 20.3. The number of rotatable bonds is 6. The molecule has 2 aliphatic rings. The first-order valence-electron chi connectivity index (χ1n) is 10.8. The van der Waals surface area contributed by atoms with Gasteiger partial charge in [-0.1, -0.05) is 18.5 Å². The minimum atomic E-state index is -0.294. The molecular weight excluding hydrogens is 415 g/mol. The molecule has 0 aliphatic heterocycles. The minimum absolute atomic E-state index is 0.00230. The fourth-order valence-electron chi connectivity index (χ4n) is 5.31. The summed E-state index contributed by atoms with van der Waals surface area (Å²) in [5.41, 5.74) is 1.50. The van der Waals surface area contributed by atoms with Gasteiger partial charge >= 0.3 is 0 Å². The van der Waals surface area contributed by atoms with Gasteiger partial charge in [0.05, 0.1) is 11.6 Å². The average molecular weight is 439 g/mol. The summed E-state index contributed by atoms with van der Waals surface area (Å²) in [6, 6.07) is 13.6. The number of hydrogen-bond donors (Lipinski definition) is 1. The Labute approximate surface area is 185 Å². The lowest BCUT2D eigenvalue weighted by molar-refractivity contribution is -0.121. The molecule has 2 aliphatic carbocycles. The number of fused-ring (bicyclic) bond motifs is 2. The fourth-order valence-corrected chi connectivity index (χ4v) is 5.44. The normalized spacial score (nSPS) is 25.1. The van der Waals surface area contributed by atoms with Crippen molar-refractivity contribution in [3.8, 4) is 5.75 Å². The van der Waals surface area contributed by atoms with Crippen LogP contribution >= 0.6 is 11.6 Å². The van der Waals surface area contributed by atoms with E-state index in [4.69, 9.17) is 16.3 Å². The van der Waals surface area contributed by atoms with Crippen molar-refractivity contribution >= 4 is 34.1 Å². The van der Waals surface area contributed by atoms with E-state index >= 15 is 0 Å². The standard InChI is InChI=1S/C25H24ClFN2O2/c1-2-18(25(30)29-16-6-3-14(26)4-7-16)24-19-12-17(13-20(19)24)31-23-9-10-28-22-8-5-15(27)11-21(22)23/h3-11,17-20,24H,2,12-13H2,1H3,(H,29,30). The average Bonchev–Trinajstić information content (AvgIpc) is 3.23. The second-order valence-electron chi connectivity index (χ2n) is 8.60. The SMILES string of the molecule is CCC(C(=O)Nc1ccc(Cl)cc1)C1C2CC(Oc3ccnc4ccc(F)cc34)CC21.